The number of amides is 1. The smallest absolute Gasteiger partial charge is 0.339 e. The monoisotopic (exact) mass is 416 g/mol. The quantitative estimate of drug-likeness (QED) is 0.593. The Morgan fingerprint density at radius 1 is 1.00 bits per heavy atom. The summed E-state index contributed by atoms with van der Waals surface area (Å²) in [6.45, 7) is 6.09. The third kappa shape index (κ3) is 4.61. The molecule has 0 spiro atoms. The number of hydrogen-bond donors (Lipinski definition) is 1. The maximum atomic E-state index is 13.0. The SMILES string of the molecule is CC(C)(C)c1ccc(NC(=O)COC(=O)c2c3c(nc4ccccc24)CCCC3)cc1. The molecule has 0 radical (unpaired) electrons. The Balaban J connectivity index is 1.48. The summed E-state index contributed by atoms with van der Waals surface area (Å²) in [6, 6.07) is 15.3. The molecule has 1 aliphatic rings. The summed E-state index contributed by atoms with van der Waals surface area (Å²) >= 11 is 0. The minimum absolute atomic E-state index is 0.0462. The fourth-order valence-corrected chi connectivity index (χ4v) is 4.06. The summed E-state index contributed by atoms with van der Waals surface area (Å²) in [6.07, 6.45) is 3.77. The molecule has 1 heterocycles. The maximum absolute atomic E-state index is 13.0. The number of anilines is 1. The predicted molar refractivity (Wildman–Crippen MR) is 122 cm³/mol. The number of nitrogens with one attached hydrogen (secondary N) is 1. The zero-order chi connectivity index (χ0) is 22.0. The van der Waals surface area contributed by atoms with Gasteiger partial charge in [0.2, 0.25) is 0 Å². The predicted octanol–water partition coefficient (Wildman–Crippen LogP) is 5.21. The molecule has 5 nitrogen and oxygen atoms in total. The normalized spacial score (nSPS) is 13.5. The second kappa shape index (κ2) is 8.50. The van der Waals surface area contributed by atoms with E-state index >= 15 is 0 Å². The van der Waals surface area contributed by atoms with E-state index in [1.165, 1.54) is 5.56 Å². The number of rotatable bonds is 4. The van der Waals surface area contributed by atoms with Gasteiger partial charge < -0.3 is 10.1 Å². The van der Waals surface area contributed by atoms with Crippen LogP contribution in [0.2, 0.25) is 0 Å². The van der Waals surface area contributed by atoms with Crippen molar-refractivity contribution in [2.75, 3.05) is 11.9 Å². The summed E-state index contributed by atoms with van der Waals surface area (Å²) in [5.74, 6) is -0.820. The molecular weight excluding hydrogens is 388 g/mol. The fraction of sp³-hybridized carbons (Fsp3) is 0.346. The molecule has 3 aromatic rings. The molecular formula is C26H28N2O3. The summed E-state index contributed by atoms with van der Waals surface area (Å²) in [7, 11) is 0. The first-order valence-electron chi connectivity index (χ1n) is 10.8. The molecule has 1 aromatic heterocycles. The Morgan fingerprint density at radius 2 is 1.71 bits per heavy atom. The average Bonchev–Trinajstić information content (AvgIpc) is 2.75. The van der Waals surface area contributed by atoms with Crippen LogP contribution >= 0.6 is 0 Å². The summed E-state index contributed by atoms with van der Waals surface area (Å²) in [5, 5.41) is 3.58. The largest absolute Gasteiger partial charge is 0.452 e. The van der Waals surface area contributed by atoms with Gasteiger partial charge in [-0.2, -0.15) is 0 Å². The van der Waals surface area contributed by atoms with E-state index in [9.17, 15) is 9.59 Å². The standard InChI is InChI=1S/C26H28N2O3/c1-26(2,3)17-12-14-18(15-13-17)27-23(29)16-31-25(30)24-19-8-4-6-10-21(19)28-22-11-7-5-9-20(22)24/h4,6,8,10,12-15H,5,7,9,11,16H2,1-3H3,(H,27,29). The van der Waals surface area contributed by atoms with Gasteiger partial charge in [-0.15, -0.1) is 0 Å². The third-order valence-corrected chi connectivity index (χ3v) is 5.74. The number of para-hydroxylation sites is 1. The molecule has 1 N–H and O–H groups in total. The highest BCUT2D eigenvalue weighted by atomic mass is 16.5. The molecule has 0 atom stereocenters. The number of ether oxygens (including phenoxy) is 1. The van der Waals surface area contributed by atoms with Gasteiger partial charge in [-0.1, -0.05) is 51.1 Å². The van der Waals surface area contributed by atoms with E-state index in [-0.39, 0.29) is 17.9 Å². The van der Waals surface area contributed by atoms with Crippen LogP contribution in [-0.4, -0.2) is 23.5 Å². The van der Waals surface area contributed by atoms with Crippen molar-refractivity contribution in [3.05, 3.63) is 70.9 Å². The summed E-state index contributed by atoms with van der Waals surface area (Å²) < 4.78 is 5.44. The topological polar surface area (TPSA) is 68.3 Å². The lowest BCUT2D eigenvalue weighted by atomic mass is 9.87. The third-order valence-electron chi connectivity index (χ3n) is 5.74. The van der Waals surface area contributed by atoms with Crippen molar-refractivity contribution in [2.24, 2.45) is 0 Å². The van der Waals surface area contributed by atoms with E-state index in [1.807, 2.05) is 48.5 Å². The number of aryl methyl sites for hydroxylation is 1. The molecule has 0 saturated heterocycles. The molecule has 1 amide bonds. The molecule has 1 aliphatic carbocycles. The molecule has 2 aromatic carbocycles. The highest BCUT2D eigenvalue weighted by Crippen LogP contribution is 2.30. The van der Waals surface area contributed by atoms with Crippen molar-refractivity contribution in [3.8, 4) is 0 Å². The molecule has 0 saturated carbocycles. The van der Waals surface area contributed by atoms with Crippen LogP contribution in [0.4, 0.5) is 5.69 Å². The zero-order valence-corrected chi connectivity index (χ0v) is 18.3. The van der Waals surface area contributed by atoms with E-state index in [0.717, 1.165) is 47.8 Å². The van der Waals surface area contributed by atoms with Gasteiger partial charge in [-0.3, -0.25) is 9.78 Å². The van der Waals surface area contributed by atoms with E-state index in [2.05, 4.69) is 26.1 Å². The highest BCUT2D eigenvalue weighted by Gasteiger charge is 2.24. The summed E-state index contributed by atoms with van der Waals surface area (Å²) in [4.78, 5) is 30.1. The van der Waals surface area contributed by atoms with Crippen LogP contribution in [0.1, 0.15) is 60.8 Å². The lowest BCUT2D eigenvalue weighted by Crippen LogP contribution is -2.22. The molecule has 0 fully saturated rings. The van der Waals surface area contributed by atoms with Crippen LogP contribution in [-0.2, 0) is 27.8 Å². The van der Waals surface area contributed by atoms with Gasteiger partial charge in [0, 0.05) is 16.8 Å². The van der Waals surface area contributed by atoms with Crippen LogP contribution in [0, 0.1) is 0 Å². The van der Waals surface area contributed by atoms with Crippen molar-refractivity contribution >= 4 is 28.5 Å². The second-order valence-corrected chi connectivity index (χ2v) is 9.09. The van der Waals surface area contributed by atoms with Crippen LogP contribution in [0.25, 0.3) is 10.9 Å². The van der Waals surface area contributed by atoms with Crippen molar-refractivity contribution in [2.45, 2.75) is 51.9 Å². The Labute approximate surface area is 182 Å². The lowest BCUT2D eigenvalue weighted by Gasteiger charge is -2.20. The first-order valence-corrected chi connectivity index (χ1v) is 10.8. The number of carbonyl (C=O) groups excluding carboxylic acids is 2. The van der Waals surface area contributed by atoms with Gasteiger partial charge in [0.15, 0.2) is 6.61 Å². The van der Waals surface area contributed by atoms with Gasteiger partial charge in [0.05, 0.1) is 11.1 Å². The second-order valence-electron chi connectivity index (χ2n) is 9.09. The molecule has 0 unspecified atom stereocenters. The lowest BCUT2D eigenvalue weighted by molar-refractivity contribution is -0.119. The van der Waals surface area contributed by atoms with Crippen molar-refractivity contribution < 1.29 is 14.3 Å². The van der Waals surface area contributed by atoms with Gasteiger partial charge in [0.25, 0.3) is 5.91 Å². The molecule has 4 rings (SSSR count). The van der Waals surface area contributed by atoms with E-state index < -0.39 is 5.97 Å². The number of hydrogen-bond acceptors (Lipinski definition) is 4. The molecule has 0 bridgehead atoms. The Morgan fingerprint density at radius 3 is 2.45 bits per heavy atom. The number of benzene rings is 2. The van der Waals surface area contributed by atoms with E-state index in [1.54, 1.807) is 0 Å². The van der Waals surface area contributed by atoms with Gasteiger partial charge in [-0.25, -0.2) is 4.79 Å². The minimum Gasteiger partial charge on any atom is -0.452 e. The molecule has 0 aliphatic heterocycles. The Kier molecular flexibility index (Phi) is 5.77. The van der Waals surface area contributed by atoms with Crippen LogP contribution in [0.3, 0.4) is 0 Å². The summed E-state index contributed by atoms with van der Waals surface area (Å²) in [5.41, 5.74) is 5.20. The number of aromatic nitrogens is 1. The maximum Gasteiger partial charge on any atom is 0.339 e. The number of pyridine rings is 1. The molecule has 31 heavy (non-hydrogen) atoms. The number of fused-ring (bicyclic) bond motifs is 2. The van der Waals surface area contributed by atoms with Crippen molar-refractivity contribution in [1.29, 1.82) is 0 Å². The first-order chi connectivity index (χ1) is 14.8. The van der Waals surface area contributed by atoms with Crippen LogP contribution in [0.5, 0.6) is 0 Å². The molecule has 160 valence electrons. The Bertz CT molecular complexity index is 1130. The average molecular weight is 417 g/mol. The highest BCUT2D eigenvalue weighted by molar-refractivity contribution is 6.06. The van der Waals surface area contributed by atoms with Crippen LogP contribution < -0.4 is 5.32 Å². The van der Waals surface area contributed by atoms with Crippen molar-refractivity contribution in [3.63, 3.8) is 0 Å². The molecule has 5 heteroatoms. The van der Waals surface area contributed by atoms with Crippen molar-refractivity contribution in [1.82, 2.24) is 4.98 Å². The number of esters is 1. The van der Waals surface area contributed by atoms with E-state index in [4.69, 9.17) is 9.72 Å². The first kappa shape index (κ1) is 21.0. The van der Waals surface area contributed by atoms with E-state index in [0.29, 0.717) is 11.3 Å². The Hall–Kier alpha value is -3.21. The van der Waals surface area contributed by atoms with Gasteiger partial charge in [0.1, 0.15) is 0 Å². The van der Waals surface area contributed by atoms with Gasteiger partial charge in [-0.05, 0) is 60.4 Å². The van der Waals surface area contributed by atoms with Crippen LogP contribution in [0.15, 0.2) is 48.5 Å². The fourth-order valence-electron chi connectivity index (χ4n) is 4.06. The minimum atomic E-state index is -0.463. The zero-order valence-electron chi connectivity index (χ0n) is 18.3. The number of carbonyl (C=O) groups is 2. The van der Waals surface area contributed by atoms with Gasteiger partial charge >= 0.3 is 5.97 Å². The number of nitrogens with zero attached hydrogens (tertiary/aromatic N) is 1.